The van der Waals surface area contributed by atoms with E-state index in [1.54, 1.807) is 24.3 Å². The average molecular weight is 334 g/mol. The number of aromatic nitrogens is 1. The number of nitrogen functional groups attached to an aromatic ring is 1. The summed E-state index contributed by atoms with van der Waals surface area (Å²) in [5.41, 5.74) is 7.45. The number of hydrogen-bond donors (Lipinski definition) is 1. The summed E-state index contributed by atoms with van der Waals surface area (Å²) in [4.78, 5) is 0. The molecule has 0 bridgehead atoms. The average Bonchev–Trinajstić information content (AvgIpc) is 2.99. The fourth-order valence-electron chi connectivity index (χ4n) is 2.13. The molecule has 0 aliphatic heterocycles. The van der Waals surface area contributed by atoms with Crippen molar-refractivity contribution < 1.29 is 22.4 Å². The molecule has 0 amide bonds. The van der Waals surface area contributed by atoms with Gasteiger partial charge in [-0.2, -0.15) is 13.2 Å². The van der Waals surface area contributed by atoms with Crippen LogP contribution in [0.4, 0.5) is 18.9 Å². The lowest BCUT2D eigenvalue weighted by molar-refractivity contribution is -0.137. The molecular formula is C17H13F3N2O2. The topological polar surface area (TPSA) is 61.3 Å². The molecule has 1 aromatic heterocycles. The summed E-state index contributed by atoms with van der Waals surface area (Å²) in [7, 11) is 0. The Hall–Kier alpha value is -2.96. The Morgan fingerprint density at radius 2 is 1.67 bits per heavy atom. The minimum Gasteiger partial charge on any atom is -0.489 e. The van der Waals surface area contributed by atoms with E-state index in [2.05, 4.69) is 5.16 Å². The summed E-state index contributed by atoms with van der Waals surface area (Å²) in [6, 6.07) is 11.9. The molecule has 0 atom stereocenters. The molecule has 0 saturated heterocycles. The molecule has 3 rings (SSSR count). The Morgan fingerprint density at radius 1 is 1.00 bits per heavy atom. The summed E-state index contributed by atoms with van der Waals surface area (Å²) in [6.07, 6.45) is -2.98. The second kappa shape index (κ2) is 6.27. The van der Waals surface area contributed by atoms with Crippen molar-refractivity contribution in [1.29, 1.82) is 0 Å². The van der Waals surface area contributed by atoms with E-state index in [1.165, 1.54) is 18.4 Å². The van der Waals surface area contributed by atoms with Crippen LogP contribution in [-0.4, -0.2) is 5.16 Å². The summed E-state index contributed by atoms with van der Waals surface area (Å²) >= 11 is 0. The third kappa shape index (κ3) is 3.51. The lowest BCUT2D eigenvalue weighted by Gasteiger charge is -2.09. The van der Waals surface area contributed by atoms with Crippen LogP contribution in [0.25, 0.3) is 11.3 Å². The van der Waals surface area contributed by atoms with Crippen LogP contribution in [0.1, 0.15) is 11.1 Å². The highest BCUT2D eigenvalue weighted by atomic mass is 19.4. The molecular weight excluding hydrogens is 321 g/mol. The molecule has 0 saturated carbocycles. The molecule has 124 valence electrons. The van der Waals surface area contributed by atoms with Crippen LogP contribution in [0.2, 0.25) is 0 Å². The third-order valence-corrected chi connectivity index (χ3v) is 3.41. The monoisotopic (exact) mass is 334 g/mol. The van der Waals surface area contributed by atoms with Crippen molar-refractivity contribution in [3.63, 3.8) is 0 Å². The molecule has 2 aromatic carbocycles. The van der Waals surface area contributed by atoms with E-state index in [0.717, 1.165) is 17.7 Å². The third-order valence-electron chi connectivity index (χ3n) is 3.41. The van der Waals surface area contributed by atoms with E-state index < -0.39 is 11.7 Å². The Labute approximate surface area is 135 Å². The Morgan fingerprint density at radius 3 is 2.21 bits per heavy atom. The highest BCUT2D eigenvalue weighted by Gasteiger charge is 2.29. The summed E-state index contributed by atoms with van der Waals surface area (Å²) in [5, 5.41) is 3.80. The number of nitrogens with two attached hydrogens (primary N) is 1. The maximum Gasteiger partial charge on any atom is 0.416 e. The zero-order chi connectivity index (χ0) is 17.2. The molecule has 1 heterocycles. The van der Waals surface area contributed by atoms with Crippen molar-refractivity contribution in [3.05, 3.63) is 65.9 Å². The number of nitrogens with zero attached hydrogens (tertiary/aromatic N) is 1. The Balaban J connectivity index is 1.64. The molecule has 0 unspecified atom stereocenters. The van der Waals surface area contributed by atoms with Crippen LogP contribution in [0.5, 0.6) is 5.75 Å². The van der Waals surface area contributed by atoms with Crippen LogP contribution in [0.15, 0.2) is 59.3 Å². The van der Waals surface area contributed by atoms with Crippen molar-refractivity contribution in [2.45, 2.75) is 12.8 Å². The minimum atomic E-state index is -4.34. The van der Waals surface area contributed by atoms with Crippen molar-refractivity contribution in [2.75, 3.05) is 5.73 Å². The van der Waals surface area contributed by atoms with Crippen molar-refractivity contribution in [1.82, 2.24) is 5.16 Å². The number of rotatable bonds is 4. The molecule has 2 N–H and O–H groups in total. The van der Waals surface area contributed by atoms with Crippen molar-refractivity contribution >= 4 is 5.69 Å². The number of ether oxygens (including phenoxy) is 1. The van der Waals surface area contributed by atoms with Crippen LogP contribution in [0, 0.1) is 0 Å². The maximum absolute atomic E-state index is 12.5. The predicted molar refractivity (Wildman–Crippen MR) is 82.1 cm³/mol. The highest BCUT2D eigenvalue weighted by Crippen LogP contribution is 2.29. The molecule has 0 fully saturated rings. The van der Waals surface area contributed by atoms with Gasteiger partial charge in [0.25, 0.3) is 0 Å². The highest BCUT2D eigenvalue weighted by molar-refractivity contribution is 5.71. The molecule has 0 radical (unpaired) electrons. The van der Waals surface area contributed by atoms with Gasteiger partial charge in [0.15, 0.2) is 0 Å². The number of benzene rings is 2. The van der Waals surface area contributed by atoms with Crippen LogP contribution in [0.3, 0.4) is 0 Å². The largest absolute Gasteiger partial charge is 0.489 e. The fraction of sp³-hybridized carbons (Fsp3) is 0.118. The molecule has 0 spiro atoms. The first-order valence-electron chi connectivity index (χ1n) is 7.03. The number of alkyl halides is 3. The molecule has 7 heteroatoms. The van der Waals surface area contributed by atoms with E-state index in [0.29, 0.717) is 22.7 Å². The quantitative estimate of drug-likeness (QED) is 0.762. The first-order chi connectivity index (χ1) is 11.4. The Kier molecular flexibility index (Phi) is 4.16. The van der Waals surface area contributed by atoms with Gasteiger partial charge in [-0.25, -0.2) is 0 Å². The van der Waals surface area contributed by atoms with E-state index in [9.17, 15) is 13.2 Å². The SMILES string of the molecule is Nc1conc1-c1ccc(OCc2ccc(C(F)(F)F)cc2)cc1. The number of hydrogen-bond acceptors (Lipinski definition) is 4. The zero-order valence-electron chi connectivity index (χ0n) is 12.4. The first-order valence-corrected chi connectivity index (χ1v) is 7.03. The smallest absolute Gasteiger partial charge is 0.416 e. The normalized spacial score (nSPS) is 11.5. The number of anilines is 1. The second-order valence-corrected chi connectivity index (χ2v) is 5.13. The summed E-state index contributed by atoms with van der Waals surface area (Å²) in [5.74, 6) is 0.584. The Bertz CT molecular complexity index is 809. The van der Waals surface area contributed by atoms with Gasteiger partial charge < -0.3 is 15.0 Å². The van der Waals surface area contributed by atoms with Crippen molar-refractivity contribution in [3.8, 4) is 17.0 Å². The lowest BCUT2D eigenvalue weighted by atomic mass is 10.1. The standard InChI is InChI=1S/C17H13F3N2O2/c18-17(19,20)13-5-1-11(2-6-13)9-23-14-7-3-12(4-8-14)16-15(21)10-24-22-16/h1-8,10H,9,21H2. The maximum atomic E-state index is 12.5. The second-order valence-electron chi connectivity index (χ2n) is 5.13. The summed E-state index contributed by atoms with van der Waals surface area (Å²) in [6.45, 7) is 0.170. The summed E-state index contributed by atoms with van der Waals surface area (Å²) < 4.78 is 47.8. The fourth-order valence-corrected chi connectivity index (χ4v) is 2.13. The van der Waals surface area contributed by atoms with Gasteiger partial charge in [-0.3, -0.25) is 0 Å². The van der Waals surface area contributed by atoms with Gasteiger partial charge in [0, 0.05) is 5.56 Å². The van der Waals surface area contributed by atoms with Crippen LogP contribution in [-0.2, 0) is 12.8 Å². The van der Waals surface area contributed by atoms with Gasteiger partial charge in [-0.15, -0.1) is 0 Å². The number of halogens is 3. The van der Waals surface area contributed by atoms with Crippen molar-refractivity contribution in [2.24, 2.45) is 0 Å². The van der Waals surface area contributed by atoms with E-state index in [-0.39, 0.29) is 6.61 Å². The van der Waals surface area contributed by atoms with Gasteiger partial charge in [-0.1, -0.05) is 17.3 Å². The van der Waals surface area contributed by atoms with Crippen LogP contribution < -0.4 is 10.5 Å². The zero-order valence-corrected chi connectivity index (χ0v) is 12.4. The van der Waals surface area contributed by atoms with Gasteiger partial charge >= 0.3 is 6.18 Å². The molecule has 0 aliphatic rings. The molecule has 3 aromatic rings. The minimum absolute atomic E-state index is 0.170. The van der Waals surface area contributed by atoms with E-state index in [1.807, 2.05) is 0 Å². The molecule has 0 aliphatic carbocycles. The van der Waals surface area contributed by atoms with Crippen LogP contribution >= 0.6 is 0 Å². The van der Waals surface area contributed by atoms with Gasteiger partial charge in [0.1, 0.15) is 30.0 Å². The van der Waals surface area contributed by atoms with Gasteiger partial charge in [0.05, 0.1) is 5.56 Å². The van der Waals surface area contributed by atoms with E-state index in [4.69, 9.17) is 15.0 Å². The van der Waals surface area contributed by atoms with Gasteiger partial charge in [-0.05, 0) is 42.0 Å². The predicted octanol–water partition coefficient (Wildman–Crippen LogP) is 4.52. The lowest BCUT2D eigenvalue weighted by Crippen LogP contribution is -2.05. The molecule has 24 heavy (non-hydrogen) atoms. The first kappa shape index (κ1) is 15.9. The van der Waals surface area contributed by atoms with Gasteiger partial charge in [0.2, 0.25) is 0 Å². The van der Waals surface area contributed by atoms with E-state index >= 15 is 0 Å². The molecule has 4 nitrogen and oxygen atoms in total.